The molecular formula is C15H13F3N2O3. The summed E-state index contributed by atoms with van der Waals surface area (Å²) in [5.74, 6) is -1.15. The van der Waals surface area contributed by atoms with Crippen molar-refractivity contribution in [3.63, 3.8) is 0 Å². The topological polar surface area (TPSA) is 62.7 Å². The van der Waals surface area contributed by atoms with Gasteiger partial charge in [0.2, 0.25) is 0 Å². The second-order valence-corrected chi connectivity index (χ2v) is 5.19. The third-order valence-corrected chi connectivity index (χ3v) is 3.79. The van der Waals surface area contributed by atoms with Crippen LogP contribution in [0.2, 0.25) is 0 Å². The second kappa shape index (κ2) is 5.69. The summed E-state index contributed by atoms with van der Waals surface area (Å²) in [7, 11) is 0. The van der Waals surface area contributed by atoms with Crippen molar-refractivity contribution in [3.8, 4) is 0 Å². The van der Waals surface area contributed by atoms with Gasteiger partial charge in [-0.15, -0.1) is 0 Å². The molecule has 1 saturated heterocycles. The maximum atomic E-state index is 13.2. The van der Waals surface area contributed by atoms with Crippen molar-refractivity contribution in [1.82, 2.24) is 4.98 Å². The van der Waals surface area contributed by atoms with E-state index in [0.717, 1.165) is 0 Å². The first-order valence-corrected chi connectivity index (χ1v) is 6.91. The molecule has 1 N–H and O–H groups in total. The molecule has 23 heavy (non-hydrogen) atoms. The van der Waals surface area contributed by atoms with Crippen LogP contribution in [-0.4, -0.2) is 48.0 Å². The number of carboxylic acid groups (broad SMARTS) is 1. The average molecular weight is 326 g/mol. The van der Waals surface area contributed by atoms with Gasteiger partial charge in [0, 0.05) is 23.8 Å². The van der Waals surface area contributed by atoms with Crippen molar-refractivity contribution < 1.29 is 27.8 Å². The number of nitrogens with zero attached hydrogens (tertiary/aromatic N) is 2. The summed E-state index contributed by atoms with van der Waals surface area (Å²) in [5.41, 5.74) is 0.734. The Balaban J connectivity index is 2.08. The number of halogens is 3. The summed E-state index contributed by atoms with van der Waals surface area (Å²) in [6, 6.07) is 4.06. The summed E-state index contributed by atoms with van der Waals surface area (Å²) in [4.78, 5) is 16.5. The fraction of sp³-hybridized carbons (Fsp3) is 0.333. The van der Waals surface area contributed by atoms with Crippen LogP contribution >= 0.6 is 0 Å². The van der Waals surface area contributed by atoms with E-state index in [1.807, 2.05) is 0 Å². The average Bonchev–Trinajstić information content (AvgIpc) is 2.53. The van der Waals surface area contributed by atoms with Crippen LogP contribution in [0.3, 0.4) is 0 Å². The molecule has 1 aliphatic heterocycles. The molecule has 1 aromatic heterocycles. The summed E-state index contributed by atoms with van der Waals surface area (Å²) in [6.45, 7) is -0.178. The largest absolute Gasteiger partial charge is 0.478 e. The number of alkyl halides is 3. The number of aromatic carboxylic acids is 1. The quantitative estimate of drug-likeness (QED) is 0.919. The Morgan fingerprint density at radius 1 is 1.35 bits per heavy atom. The van der Waals surface area contributed by atoms with E-state index in [9.17, 15) is 23.1 Å². The van der Waals surface area contributed by atoms with Crippen LogP contribution in [0.15, 0.2) is 30.5 Å². The van der Waals surface area contributed by atoms with Gasteiger partial charge in [0.25, 0.3) is 0 Å². The van der Waals surface area contributed by atoms with Gasteiger partial charge in [-0.3, -0.25) is 4.98 Å². The number of morpholine rings is 1. The molecule has 122 valence electrons. The minimum absolute atomic E-state index is 0.00803. The fourth-order valence-corrected chi connectivity index (χ4v) is 2.68. The molecule has 0 amide bonds. The van der Waals surface area contributed by atoms with Crippen molar-refractivity contribution in [2.24, 2.45) is 0 Å². The summed E-state index contributed by atoms with van der Waals surface area (Å²) >= 11 is 0. The van der Waals surface area contributed by atoms with Crippen LogP contribution in [0.1, 0.15) is 10.4 Å². The number of carbonyl (C=O) groups is 1. The zero-order valence-corrected chi connectivity index (χ0v) is 11.9. The lowest BCUT2D eigenvalue weighted by Gasteiger charge is -2.38. The Kier molecular flexibility index (Phi) is 3.85. The number of benzene rings is 1. The first-order valence-electron chi connectivity index (χ1n) is 6.91. The second-order valence-electron chi connectivity index (χ2n) is 5.19. The molecule has 1 fully saturated rings. The molecule has 1 aliphatic rings. The predicted octanol–water partition coefficient (Wildman–Crippen LogP) is 2.70. The molecule has 1 aromatic carbocycles. The van der Waals surface area contributed by atoms with E-state index >= 15 is 0 Å². The highest BCUT2D eigenvalue weighted by molar-refractivity contribution is 6.03. The van der Waals surface area contributed by atoms with E-state index in [-0.39, 0.29) is 18.7 Å². The van der Waals surface area contributed by atoms with Crippen molar-refractivity contribution in [1.29, 1.82) is 0 Å². The monoisotopic (exact) mass is 326 g/mol. The summed E-state index contributed by atoms with van der Waals surface area (Å²) in [6.07, 6.45) is -3.07. The van der Waals surface area contributed by atoms with E-state index in [4.69, 9.17) is 4.74 Å². The zero-order valence-electron chi connectivity index (χ0n) is 11.9. The molecule has 1 atom stereocenters. The van der Waals surface area contributed by atoms with E-state index in [2.05, 4.69) is 4.98 Å². The summed E-state index contributed by atoms with van der Waals surface area (Å²) < 4.78 is 44.5. The van der Waals surface area contributed by atoms with Crippen LogP contribution < -0.4 is 4.90 Å². The Hall–Kier alpha value is -2.35. The lowest BCUT2D eigenvalue weighted by Crippen LogP contribution is -2.53. The molecule has 0 unspecified atom stereocenters. The van der Waals surface area contributed by atoms with Gasteiger partial charge >= 0.3 is 12.1 Å². The number of rotatable bonds is 2. The van der Waals surface area contributed by atoms with Crippen LogP contribution in [0.5, 0.6) is 0 Å². The third-order valence-electron chi connectivity index (χ3n) is 3.79. The lowest BCUT2D eigenvalue weighted by molar-refractivity contribution is -0.167. The van der Waals surface area contributed by atoms with Crippen LogP contribution in [0, 0.1) is 0 Å². The standard InChI is InChI=1S/C15H13F3N2O3/c16-15(17,18)13-8-23-6-5-20(13)9-1-2-12-11(7-9)10(14(21)22)3-4-19-12/h1-4,7,13H,5-6,8H2,(H,21,22)/t13-/m1/s1. The maximum absolute atomic E-state index is 13.2. The van der Waals surface area contributed by atoms with Crippen molar-refractivity contribution in [3.05, 3.63) is 36.0 Å². The Morgan fingerprint density at radius 3 is 2.83 bits per heavy atom. The van der Waals surface area contributed by atoms with Crippen molar-refractivity contribution >= 4 is 22.6 Å². The van der Waals surface area contributed by atoms with E-state index in [1.165, 1.54) is 35.4 Å². The molecule has 2 heterocycles. The highest BCUT2D eigenvalue weighted by atomic mass is 19.4. The predicted molar refractivity (Wildman–Crippen MR) is 76.7 cm³/mol. The van der Waals surface area contributed by atoms with Gasteiger partial charge in [0.1, 0.15) is 6.04 Å². The Labute approximate surface area is 129 Å². The molecule has 8 heteroatoms. The summed E-state index contributed by atoms with van der Waals surface area (Å²) in [5, 5.41) is 9.53. The van der Waals surface area contributed by atoms with Gasteiger partial charge in [-0.2, -0.15) is 13.2 Å². The van der Waals surface area contributed by atoms with Gasteiger partial charge < -0.3 is 14.7 Å². The highest BCUT2D eigenvalue weighted by Gasteiger charge is 2.45. The van der Waals surface area contributed by atoms with E-state index in [1.54, 1.807) is 0 Å². The van der Waals surface area contributed by atoms with Gasteiger partial charge in [0.05, 0.1) is 24.3 Å². The molecule has 3 rings (SSSR count). The Bertz CT molecular complexity index is 748. The molecule has 2 aromatic rings. The third kappa shape index (κ3) is 2.94. The molecule has 5 nitrogen and oxygen atoms in total. The molecule has 0 radical (unpaired) electrons. The van der Waals surface area contributed by atoms with E-state index < -0.39 is 24.8 Å². The number of aromatic nitrogens is 1. The van der Waals surface area contributed by atoms with Crippen LogP contribution in [-0.2, 0) is 4.74 Å². The molecule has 0 saturated carbocycles. The minimum Gasteiger partial charge on any atom is -0.478 e. The molecule has 0 spiro atoms. The van der Waals surface area contributed by atoms with Gasteiger partial charge in [-0.1, -0.05) is 0 Å². The van der Waals surface area contributed by atoms with Crippen molar-refractivity contribution in [2.45, 2.75) is 12.2 Å². The van der Waals surface area contributed by atoms with Gasteiger partial charge in [-0.25, -0.2) is 4.79 Å². The highest BCUT2D eigenvalue weighted by Crippen LogP contribution is 2.32. The van der Waals surface area contributed by atoms with Gasteiger partial charge in [-0.05, 0) is 24.3 Å². The number of fused-ring (bicyclic) bond motifs is 1. The fourth-order valence-electron chi connectivity index (χ4n) is 2.68. The first kappa shape index (κ1) is 15.5. The number of ether oxygens (including phenoxy) is 1. The minimum atomic E-state index is -4.43. The zero-order chi connectivity index (χ0) is 16.6. The number of anilines is 1. The van der Waals surface area contributed by atoms with Crippen molar-refractivity contribution in [2.75, 3.05) is 24.7 Å². The number of hydrogen-bond acceptors (Lipinski definition) is 4. The number of pyridine rings is 1. The SMILES string of the molecule is O=C(O)c1ccnc2ccc(N3CCOC[C@@H]3C(F)(F)F)cc12. The van der Waals surface area contributed by atoms with Crippen LogP contribution in [0.4, 0.5) is 18.9 Å². The molecule has 0 bridgehead atoms. The van der Waals surface area contributed by atoms with Gasteiger partial charge in [0.15, 0.2) is 0 Å². The molecule has 0 aliphatic carbocycles. The lowest BCUT2D eigenvalue weighted by atomic mass is 10.1. The van der Waals surface area contributed by atoms with E-state index in [0.29, 0.717) is 16.6 Å². The first-order chi connectivity index (χ1) is 10.9. The maximum Gasteiger partial charge on any atom is 0.411 e. The molecular weight excluding hydrogens is 313 g/mol. The Morgan fingerprint density at radius 2 is 2.13 bits per heavy atom. The number of hydrogen-bond donors (Lipinski definition) is 1. The number of carboxylic acids is 1. The smallest absolute Gasteiger partial charge is 0.411 e. The normalized spacial score (nSPS) is 19.1. The van der Waals surface area contributed by atoms with Crippen LogP contribution in [0.25, 0.3) is 10.9 Å².